The molecule has 0 aliphatic carbocycles. The second kappa shape index (κ2) is 6.88. The predicted octanol–water partition coefficient (Wildman–Crippen LogP) is 3.46. The molecule has 3 rings (SSSR count). The zero-order valence-electron chi connectivity index (χ0n) is 15.7. The molecule has 25 heavy (non-hydrogen) atoms. The fraction of sp³-hybridized carbons (Fsp3) is 0.611. The number of fused-ring (bicyclic) bond motifs is 1. The number of Topliss-reactive ketones (excluding diaryl/α,β-unsaturated/α-hetero) is 1. The normalized spacial score (nSPS) is 18.9. The highest BCUT2D eigenvalue weighted by Gasteiger charge is 2.37. The molecule has 2 aromatic rings. The van der Waals surface area contributed by atoms with Gasteiger partial charge >= 0.3 is 0 Å². The molecule has 0 fully saturated rings. The van der Waals surface area contributed by atoms with Crippen molar-refractivity contribution >= 4 is 22.9 Å². The number of rotatable bonds is 6. The van der Waals surface area contributed by atoms with Crippen molar-refractivity contribution in [3.63, 3.8) is 0 Å². The molecule has 1 unspecified atom stereocenters. The minimum Gasteiger partial charge on any atom is -0.360 e. The summed E-state index contributed by atoms with van der Waals surface area (Å²) in [6.45, 7) is 7.31. The Balaban J connectivity index is 1.84. The predicted molar refractivity (Wildman–Crippen MR) is 101 cm³/mol. The van der Waals surface area contributed by atoms with E-state index in [1.54, 1.807) is 17.5 Å². The number of aryl methyl sites for hydroxylation is 1. The minimum atomic E-state index is -0.160. The molecule has 0 amide bonds. The Morgan fingerprint density at radius 1 is 1.44 bits per heavy atom. The van der Waals surface area contributed by atoms with Crippen LogP contribution < -0.4 is 5.32 Å². The van der Waals surface area contributed by atoms with Crippen LogP contribution in [-0.4, -0.2) is 46.1 Å². The standard InChI is InChI=1S/C18H27N5OS/c1-12-10-19-17(25-12)14-9-18(2,3)23-16(21-14)13(11-20-23)15(24)7-6-8-22(4)5/h10-11,14,21H,6-9H2,1-5H3. The van der Waals surface area contributed by atoms with Crippen LogP contribution in [0.3, 0.4) is 0 Å². The maximum atomic E-state index is 12.7. The second-order valence-corrected chi connectivity index (χ2v) is 8.94. The highest BCUT2D eigenvalue weighted by molar-refractivity contribution is 7.11. The molecular formula is C18H27N5OS. The molecule has 0 spiro atoms. The molecule has 0 aromatic carbocycles. The van der Waals surface area contributed by atoms with Gasteiger partial charge < -0.3 is 10.2 Å². The van der Waals surface area contributed by atoms with Gasteiger partial charge in [-0.2, -0.15) is 5.10 Å². The van der Waals surface area contributed by atoms with Gasteiger partial charge in [-0.15, -0.1) is 11.3 Å². The summed E-state index contributed by atoms with van der Waals surface area (Å²) in [6.07, 6.45) is 5.92. The van der Waals surface area contributed by atoms with Crippen LogP contribution in [0.4, 0.5) is 5.82 Å². The lowest BCUT2D eigenvalue weighted by Gasteiger charge is -2.37. The van der Waals surface area contributed by atoms with Gasteiger partial charge in [0.05, 0.1) is 23.3 Å². The maximum absolute atomic E-state index is 12.7. The Kier molecular flexibility index (Phi) is 4.97. The van der Waals surface area contributed by atoms with E-state index in [-0.39, 0.29) is 17.4 Å². The molecule has 0 saturated heterocycles. The first-order valence-electron chi connectivity index (χ1n) is 8.73. The minimum absolute atomic E-state index is 0.117. The first-order valence-corrected chi connectivity index (χ1v) is 9.55. The third-order valence-electron chi connectivity index (χ3n) is 4.60. The number of nitrogens with zero attached hydrogens (tertiary/aromatic N) is 4. The topological polar surface area (TPSA) is 63.1 Å². The van der Waals surface area contributed by atoms with Gasteiger partial charge in [0.25, 0.3) is 0 Å². The number of carbonyl (C=O) groups excluding carboxylic acids is 1. The molecule has 6 nitrogen and oxygen atoms in total. The summed E-state index contributed by atoms with van der Waals surface area (Å²) in [5.74, 6) is 0.992. The smallest absolute Gasteiger partial charge is 0.168 e. The van der Waals surface area contributed by atoms with Crippen molar-refractivity contribution < 1.29 is 4.79 Å². The summed E-state index contributed by atoms with van der Waals surface area (Å²) in [6, 6.07) is 0.117. The number of aromatic nitrogens is 3. The number of hydrogen-bond donors (Lipinski definition) is 1. The number of hydrogen-bond acceptors (Lipinski definition) is 6. The van der Waals surface area contributed by atoms with E-state index >= 15 is 0 Å². The van der Waals surface area contributed by atoms with Crippen LogP contribution >= 0.6 is 11.3 Å². The third kappa shape index (κ3) is 3.77. The average Bonchev–Trinajstić information content (AvgIpc) is 3.12. The molecule has 1 N–H and O–H groups in total. The summed E-state index contributed by atoms with van der Waals surface area (Å²) in [5, 5.41) is 9.11. The Morgan fingerprint density at radius 3 is 2.84 bits per heavy atom. The van der Waals surface area contributed by atoms with E-state index in [1.807, 2.05) is 25.0 Å². The van der Waals surface area contributed by atoms with Crippen LogP contribution in [0.25, 0.3) is 0 Å². The quantitative estimate of drug-likeness (QED) is 0.798. The van der Waals surface area contributed by atoms with Gasteiger partial charge in [0.15, 0.2) is 5.78 Å². The van der Waals surface area contributed by atoms with Crippen LogP contribution in [0.15, 0.2) is 12.4 Å². The summed E-state index contributed by atoms with van der Waals surface area (Å²) in [4.78, 5) is 20.5. The van der Waals surface area contributed by atoms with Gasteiger partial charge in [-0.3, -0.25) is 4.79 Å². The zero-order valence-corrected chi connectivity index (χ0v) is 16.5. The van der Waals surface area contributed by atoms with Crippen molar-refractivity contribution in [3.8, 4) is 0 Å². The van der Waals surface area contributed by atoms with E-state index in [1.165, 1.54) is 4.88 Å². The van der Waals surface area contributed by atoms with Crippen LogP contribution in [-0.2, 0) is 5.54 Å². The Morgan fingerprint density at radius 2 is 2.20 bits per heavy atom. The monoisotopic (exact) mass is 361 g/mol. The highest BCUT2D eigenvalue weighted by Crippen LogP contribution is 2.41. The molecule has 0 bridgehead atoms. The Hall–Kier alpha value is -1.73. The molecule has 136 valence electrons. The van der Waals surface area contributed by atoms with E-state index < -0.39 is 0 Å². The summed E-state index contributed by atoms with van der Waals surface area (Å²) in [5.41, 5.74) is 0.539. The van der Waals surface area contributed by atoms with E-state index in [2.05, 4.69) is 41.1 Å². The number of carbonyl (C=O) groups is 1. The zero-order chi connectivity index (χ0) is 18.2. The maximum Gasteiger partial charge on any atom is 0.168 e. The van der Waals surface area contributed by atoms with Crippen molar-refractivity contribution in [2.45, 2.75) is 51.6 Å². The van der Waals surface area contributed by atoms with Crippen molar-refractivity contribution in [3.05, 3.63) is 27.8 Å². The number of anilines is 1. The average molecular weight is 362 g/mol. The summed E-state index contributed by atoms with van der Waals surface area (Å²) in [7, 11) is 4.05. The Labute approximate surface area is 153 Å². The van der Waals surface area contributed by atoms with Gasteiger partial charge in [-0.25, -0.2) is 9.67 Å². The molecule has 1 aliphatic rings. The lowest BCUT2D eigenvalue weighted by Crippen LogP contribution is -2.38. The lowest BCUT2D eigenvalue weighted by atomic mass is 9.92. The van der Waals surface area contributed by atoms with Crippen LogP contribution in [0, 0.1) is 6.92 Å². The number of nitrogens with one attached hydrogen (secondary N) is 1. The Bertz CT molecular complexity index is 761. The van der Waals surface area contributed by atoms with Crippen molar-refractivity contribution in [1.29, 1.82) is 0 Å². The number of ketones is 1. The first-order chi connectivity index (χ1) is 11.8. The largest absolute Gasteiger partial charge is 0.360 e. The molecular weight excluding hydrogens is 334 g/mol. The highest BCUT2D eigenvalue weighted by atomic mass is 32.1. The fourth-order valence-electron chi connectivity index (χ4n) is 3.33. The van der Waals surface area contributed by atoms with Gasteiger partial charge in [0.2, 0.25) is 0 Å². The van der Waals surface area contributed by atoms with Crippen LogP contribution in [0.2, 0.25) is 0 Å². The van der Waals surface area contributed by atoms with Crippen LogP contribution in [0.5, 0.6) is 0 Å². The third-order valence-corrected chi connectivity index (χ3v) is 5.63. The van der Waals surface area contributed by atoms with Gasteiger partial charge in [-0.05, 0) is 54.3 Å². The van der Waals surface area contributed by atoms with Gasteiger partial charge in [0, 0.05) is 17.5 Å². The molecule has 2 aromatic heterocycles. The van der Waals surface area contributed by atoms with Crippen molar-refractivity contribution in [1.82, 2.24) is 19.7 Å². The van der Waals surface area contributed by atoms with Gasteiger partial charge in [-0.1, -0.05) is 0 Å². The summed E-state index contributed by atoms with van der Waals surface area (Å²) >= 11 is 1.71. The molecule has 1 atom stereocenters. The van der Waals surface area contributed by atoms with Gasteiger partial charge in [0.1, 0.15) is 10.8 Å². The van der Waals surface area contributed by atoms with Crippen molar-refractivity contribution in [2.75, 3.05) is 26.0 Å². The SMILES string of the molecule is Cc1cnc(C2CC(C)(C)n3ncc(C(=O)CCCN(C)C)c3N2)s1. The van der Waals surface area contributed by atoms with E-state index in [0.29, 0.717) is 12.0 Å². The van der Waals surface area contributed by atoms with E-state index in [0.717, 1.165) is 30.2 Å². The number of thiazole rings is 1. The molecule has 0 saturated carbocycles. The lowest BCUT2D eigenvalue weighted by molar-refractivity contribution is 0.0977. The van der Waals surface area contributed by atoms with Crippen LogP contribution in [0.1, 0.15) is 59.4 Å². The second-order valence-electron chi connectivity index (χ2n) is 7.67. The molecule has 0 radical (unpaired) electrons. The molecule has 1 aliphatic heterocycles. The van der Waals surface area contributed by atoms with Crippen molar-refractivity contribution in [2.24, 2.45) is 0 Å². The first kappa shape index (κ1) is 18.1. The van der Waals surface area contributed by atoms with E-state index in [9.17, 15) is 4.79 Å². The summed E-state index contributed by atoms with van der Waals surface area (Å²) < 4.78 is 1.96. The van der Waals surface area contributed by atoms with E-state index in [4.69, 9.17) is 0 Å². The molecule has 7 heteroatoms. The molecule has 3 heterocycles. The fourth-order valence-corrected chi connectivity index (χ4v) is 4.15.